The van der Waals surface area contributed by atoms with Gasteiger partial charge in [-0.2, -0.15) is 0 Å². The molecule has 1 rings (SSSR count). The van der Waals surface area contributed by atoms with Gasteiger partial charge in [-0.25, -0.2) is 0 Å². The van der Waals surface area contributed by atoms with Crippen LogP contribution in [0.3, 0.4) is 0 Å². The Morgan fingerprint density at radius 1 is 0.889 bits per heavy atom. The lowest BCUT2D eigenvalue weighted by molar-refractivity contribution is 0.137. The highest BCUT2D eigenvalue weighted by atomic mass is 32.2. The fourth-order valence-corrected chi connectivity index (χ4v) is 5.35. The topological polar surface area (TPSA) is 20.2 Å². The lowest BCUT2D eigenvalue weighted by Crippen LogP contribution is -2.26. The van der Waals surface area contributed by atoms with Crippen molar-refractivity contribution in [3.63, 3.8) is 0 Å². The van der Waals surface area contributed by atoms with E-state index in [0.29, 0.717) is 5.25 Å². The average Bonchev–Trinajstić information content (AvgIpc) is 2.60. The summed E-state index contributed by atoms with van der Waals surface area (Å²) in [5.74, 6) is 2.64. The van der Waals surface area contributed by atoms with Crippen LogP contribution in [0.5, 0.6) is 0 Å². The predicted molar refractivity (Wildman–Crippen MR) is 124 cm³/mol. The smallest absolute Gasteiger partial charge is 0.0662 e. The summed E-state index contributed by atoms with van der Waals surface area (Å²) in [5, 5.41) is 12.8. The molecular weight excluding hydrogens is 348 g/mol. The van der Waals surface area contributed by atoms with Crippen molar-refractivity contribution in [1.29, 1.82) is 0 Å². The zero-order valence-electron chi connectivity index (χ0n) is 19.0. The van der Waals surface area contributed by atoms with Crippen molar-refractivity contribution in [3.8, 4) is 0 Å². The van der Waals surface area contributed by atoms with Gasteiger partial charge in [-0.05, 0) is 55.8 Å². The van der Waals surface area contributed by atoms with E-state index in [1.54, 1.807) is 0 Å². The van der Waals surface area contributed by atoms with Crippen molar-refractivity contribution in [3.05, 3.63) is 11.0 Å². The molecule has 1 nitrogen and oxygen atoms in total. The molecule has 2 unspecified atom stereocenters. The van der Waals surface area contributed by atoms with Crippen molar-refractivity contribution in [2.24, 2.45) is 17.8 Å². The summed E-state index contributed by atoms with van der Waals surface area (Å²) in [7, 11) is 0. The molecule has 0 amide bonds. The summed E-state index contributed by atoms with van der Waals surface area (Å²) in [4.78, 5) is 0. The summed E-state index contributed by atoms with van der Waals surface area (Å²) in [6, 6.07) is 0. The molecule has 1 fully saturated rings. The first-order chi connectivity index (χ1) is 12.9. The molecule has 1 saturated carbocycles. The van der Waals surface area contributed by atoms with Crippen LogP contribution in [-0.4, -0.2) is 16.5 Å². The largest absolute Gasteiger partial charge is 0.392 e. The second-order valence-corrected chi connectivity index (χ2v) is 11.0. The summed E-state index contributed by atoms with van der Waals surface area (Å²) in [5.41, 5.74) is 1.50. The fraction of sp³-hybridized carbons (Fsp3) is 0.920. The molecule has 0 radical (unpaired) electrons. The number of hydrogen-bond donors (Lipinski definition) is 1. The molecule has 1 N–H and O–H groups in total. The molecule has 0 bridgehead atoms. The minimum absolute atomic E-state index is 0.0828. The maximum atomic E-state index is 10.1. The van der Waals surface area contributed by atoms with Gasteiger partial charge >= 0.3 is 0 Å². The van der Waals surface area contributed by atoms with Gasteiger partial charge in [0.05, 0.1) is 6.10 Å². The van der Waals surface area contributed by atoms with Gasteiger partial charge in [0.15, 0.2) is 0 Å². The first-order valence-corrected chi connectivity index (χ1v) is 12.8. The Kier molecular flexibility index (Phi) is 13.9. The van der Waals surface area contributed by atoms with Gasteiger partial charge in [0.2, 0.25) is 0 Å². The van der Waals surface area contributed by atoms with E-state index in [9.17, 15) is 5.11 Å². The maximum absolute atomic E-state index is 10.1. The van der Waals surface area contributed by atoms with E-state index in [0.717, 1.165) is 24.2 Å². The Labute approximate surface area is 175 Å². The minimum atomic E-state index is -0.0828. The van der Waals surface area contributed by atoms with E-state index in [1.165, 1.54) is 82.6 Å². The van der Waals surface area contributed by atoms with E-state index in [2.05, 4.69) is 40.0 Å². The maximum Gasteiger partial charge on any atom is 0.0662 e. The molecule has 4 atom stereocenters. The second-order valence-electron chi connectivity index (χ2n) is 9.85. The van der Waals surface area contributed by atoms with Gasteiger partial charge < -0.3 is 5.11 Å². The minimum Gasteiger partial charge on any atom is -0.392 e. The third-order valence-electron chi connectivity index (χ3n) is 6.25. The Morgan fingerprint density at radius 3 is 2.04 bits per heavy atom. The van der Waals surface area contributed by atoms with Crippen LogP contribution < -0.4 is 0 Å². The molecule has 0 saturated heterocycles. The molecule has 0 heterocycles. The standard InChI is InChI=1S/C25H48OS/c1-20(2)11-8-12-21(3)13-9-14-22(4)15-10-16-23(5)19-27-25-18-7-6-17-24(25)26/h19-22,24-26H,6-18H2,1-5H3/b23-19+/t21?,22?,24-,25+/m1/s1. The number of aliphatic hydroxyl groups is 1. The van der Waals surface area contributed by atoms with Crippen molar-refractivity contribution >= 4 is 11.8 Å². The molecule has 1 aliphatic carbocycles. The Hall–Kier alpha value is 0.0500. The Balaban J connectivity index is 2.05. The Morgan fingerprint density at radius 2 is 1.44 bits per heavy atom. The molecule has 0 aromatic carbocycles. The quantitative estimate of drug-likeness (QED) is 0.318. The van der Waals surface area contributed by atoms with E-state index in [-0.39, 0.29) is 6.10 Å². The number of allylic oxidation sites excluding steroid dienone is 1. The lowest BCUT2D eigenvalue weighted by atomic mass is 9.91. The lowest BCUT2D eigenvalue weighted by Gasteiger charge is -2.26. The van der Waals surface area contributed by atoms with Crippen LogP contribution in [0.25, 0.3) is 0 Å². The van der Waals surface area contributed by atoms with Crippen LogP contribution in [-0.2, 0) is 0 Å². The van der Waals surface area contributed by atoms with Crippen molar-refractivity contribution in [2.75, 3.05) is 0 Å². The number of thioether (sulfide) groups is 1. The molecule has 0 aromatic rings. The molecule has 0 aliphatic heterocycles. The zero-order chi connectivity index (χ0) is 20.1. The molecule has 0 aromatic heterocycles. The number of hydrogen-bond acceptors (Lipinski definition) is 2. The molecule has 27 heavy (non-hydrogen) atoms. The average molecular weight is 397 g/mol. The van der Waals surface area contributed by atoms with Gasteiger partial charge in [-0.3, -0.25) is 0 Å². The monoisotopic (exact) mass is 396 g/mol. The number of aliphatic hydroxyl groups excluding tert-OH is 1. The molecule has 2 heteroatoms. The highest BCUT2D eigenvalue weighted by Crippen LogP contribution is 2.31. The zero-order valence-corrected chi connectivity index (χ0v) is 19.8. The first-order valence-electron chi connectivity index (χ1n) is 11.9. The second kappa shape index (κ2) is 15.0. The summed E-state index contributed by atoms with van der Waals surface area (Å²) >= 11 is 1.89. The van der Waals surface area contributed by atoms with Gasteiger partial charge in [-0.15, -0.1) is 11.8 Å². The van der Waals surface area contributed by atoms with Crippen molar-refractivity contribution in [2.45, 2.75) is 129 Å². The third kappa shape index (κ3) is 13.0. The van der Waals surface area contributed by atoms with Gasteiger partial charge in [-0.1, -0.05) is 91.1 Å². The highest BCUT2D eigenvalue weighted by molar-refractivity contribution is 8.02. The first kappa shape index (κ1) is 25.1. The fourth-order valence-electron chi connectivity index (χ4n) is 4.21. The van der Waals surface area contributed by atoms with Crippen LogP contribution in [0.2, 0.25) is 0 Å². The van der Waals surface area contributed by atoms with Crippen LogP contribution in [0.4, 0.5) is 0 Å². The van der Waals surface area contributed by atoms with Gasteiger partial charge in [0, 0.05) is 5.25 Å². The predicted octanol–water partition coefficient (Wildman–Crippen LogP) is 8.37. The molecule has 1 aliphatic rings. The van der Waals surface area contributed by atoms with Crippen molar-refractivity contribution in [1.82, 2.24) is 0 Å². The normalized spacial score (nSPS) is 23.6. The van der Waals surface area contributed by atoms with Crippen LogP contribution in [0.15, 0.2) is 11.0 Å². The van der Waals surface area contributed by atoms with E-state index < -0.39 is 0 Å². The van der Waals surface area contributed by atoms with Gasteiger partial charge in [0.1, 0.15) is 0 Å². The Bertz CT molecular complexity index is 390. The summed E-state index contributed by atoms with van der Waals surface area (Å²) in [6.07, 6.45) is 17.0. The summed E-state index contributed by atoms with van der Waals surface area (Å²) in [6.45, 7) is 11.8. The molecular formula is C25H48OS. The van der Waals surface area contributed by atoms with E-state index in [4.69, 9.17) is 0 Å². The molecule has 160 valence electrons. The van der Waals surface area contributed by atoms with Crippen LogP contribution >= 0.6 is 11.8 Å². The molecule has 0 spiro atoms. The van der Waals surface area contributed by atoms with E-state index in [1.807, 2.05) is 11.8 Å². The van der Waals surface area contributed by atoms with Crippen LogP contribution in [0, 0.1) is 17.8 Å². The number of rotatable bonds is 14. The van der Waals surface area contributed by atoms with E-state index >= 15 is 0 Å². The van der Waals surface area contributed by atoms with Crippen LogP contribution in [0.1, 0.15) is 118 Å². The van der Waals surface area contributed by atoms with Crippen molar-refractivity contribution < 1.29 is 5.11 Å². The summed E-state index contributed by atoms with van der Waals surface area (Å²) < 4.78 is 0. The SMILES string of the molecule is C/C(=C\S[C@H]1CCCC[C@H]1O)CCCC(C)CCCC(C)CCCC(C)C. The van der Waals surface area contributed by atoms with Gasteiger partial charge in [0.25, 0.3) is 0 Å². The third-order valence-corrected chi connectivity index (χ3v) is 7.69. The highest BCUT2D eigenvalue weighted by Gasteiger charge is 2.22.